The monoisotopic (exact) mass is 412 g/mol. The molecule has 0 aliphatic heterocycles. The third-order valence-corrected chi connectivity index (χ3v) is 4.16. The van der Waals surface area contributed by atoms with E-state index in [0.717, 1.165) is 21.3 Å². The van der Waals surface area contributed by atoms with Gasteiger partial charge in [0.05, 0.1) is 19.9 Å². The van der Waals surface area contributed by atoms with Crippen molar-refractivity contribution in [3.05, 3.63) is 82.1 Å². The molecule has 0 atom stereocenters. The van der Waals surface area contributed by atoms with Gasteiger partial charge in [-0.05, 0) is 53.6 Å². The van der Waals surface area contributed by atoms with Gasteiger partial charge in [-0.1, -0.05) is 28.1 Å². The van der Waals surface area contributed by atoms with E-state index in [2.05, 4.69) is 31.6 Å². The maximum atomic E-state index is 12.1. The Kier molecular flexibility index (Phi) is 5.80. The topological polar surface area (TPSA) is 68.5 Å². The van der Waals surface area contributed by atoms with Crippen molar-refractivity contribution in [1.82, 2.24) is 15.2 Å². The molecule has 1 heterocycles. The van der Waals surface area contributed by atoms with Crippen molar-refractivity contribution in [2.45, 2.75) is 6.54 Å². The zero-order valence-electron chi connectivity index (χ0n) is 14.1. The normalized spacial score (nSPS) is 10.8. The summed E-state index contributed by atoms with van der Waals surface area (Å²) >= 11 is 3.41. The highest BCUT2D eigenvalue weighted by atomic mass is 79.9. The number of hydrogen-bond acceptors (Lipinski definition) is 4. The number of nitrogens with zero attached hydrogens (tertiary/aromatic N) is 3. The second-order valence-electron chi connectivity index (χ2n) is 5.50. The Morgan fingerprint density at radius 1 is 1.19 bits per heavy atom. The first-order valence-electron chi connectivity index (χ1n) is 7.89. The summed E-state index contributed by atoms with van der Waals surface area (Å²) in [6.45, 7) is 0.593. The minimum Gasteiger partial charge on any atom is -0.497 e. The van der Waals surface area contributed by atoms with Gasteiger partial charge in [0.25, 0.3) is 5.91 Å². The van der Waals surface area contributed by atoms with Gasteiger partial charge in [0, 0.05) is 10.7 Å². The van der Waals surface area contributed by atoms with E-state index in [9.17, 15) is 4.79 Å². The van der Waals surface area contributed by atoms with Crippen LogP contribution in [0.2, 0.25) is 0 Å². The number of carbonyl (C=O) groups excluding carboxylic acids is 1. The summed E-state index contributed by atoms with van der Waals surface area (Å²) in [5.41, 5.74) is 4.74. The third-order valence-electron chi connectivity index (χ3n) is 3.63. The summed E-state index contributed by atoms with van der Waals surface area (Å²) in [6.07, 6.45) is 3.33. The van der Waals surface area contributed by atoms with Crippen LogP contribution in [-0.2, 0) is 6.54 Å². The first kappa shape index (κ1) is 17.9. The van der Waals surface area contributed by atoms with Gasteiger partial charge in [-0.25, -0.2) is 5.43 Å². The highest BCUT2D eigenvalue weighted by Gasteiger charge is 2.08. The van der Waals surface area contributed by atoms with Gasteiger partial charge >= 0.3 is 0 Å². The molecule has 1 aromatic heterocycles. The average Bonchev–Trinajstić information content (AvgIpc) is 3.13. The summed E-state index contributed by atoms with van der Waals surface area (Å²) < 4.78 is 7.83. The van der Waals surface area contributed by atoms with Gasteiger partial charge in [-0.3, -0.25) is 9.48 Å². The number of hydrazone groups is 1. The molecule has 132 valence electrons. The SMILES string of the molecule is COc1ccc(/C=N\NC(=O)c2ccn(Cc3ccc(Br)cc3)n2)cc1. The maximum Gasteiger partial charge on any atom is 0.291 e. The number of ether oxygens (including phenoxy) is 1. The van der Waals surface area contributed by atoms with E-state index in [1.165, 1.54) is 0 Å². The van der Waals surface area contributed by atoms with Crippen LogP contribution >= 0.6 is 15.9 Å². The van der Waals surface area contributed by atoms with E-state index in [-0.39, 0.29) is 5.91 Å². The maximum absolute atomic E-state index is 12.1. The number of aromatic nitrogens is 2. The summed E-state index contributed by atoms with van der Waals surface area (Å²) in [5, 5.41) is 8.24. The lowest BCUT2D eigenvalue weighted by atomic mass is 10.2. The van der Waals surface area contributed by atoms with Gasteiger partial charge in [0.2, 0.25) is 0 Å². The summed E-state index contributed by atoms with van der Waals surface area (Å²) in [7, 11) is 1.61. The Morgan fingerprint density at radius 3 is 2.62 bits per heavy atom. The molecule has 3 aromatic rings. The molecule has 2 aromatic carbocycles. The van der Waals surface area contributed by atoms with E-state index in [1.807, 2.05) is 48.5 Å². The second kappa shape index (κ2) is 8.44. The van der Waals surface area contributed by atoms with Crippen molar-refractivity contribution in [2.75, 3.05) is 7.11 Å². The fourth-order valence-electron chi connectivity index (χ4n) is 2.26. The number of halogens is 1. The first-order valence-corrected chi connectivity index (χ1v) is 8.69. The highest BCUT2D eigenvalue weighted by molar-refractivity contribution is 9.10. The number of methoxy groups -OCH3 is 1. The van der Waals surface area contributed by atoms with Gasteiger partial charge < -0.3 is 4.74 Å². The lowest BCUT2D eigenvalue weighted by Crippen LogP contribution is -2.18. The second-order valence-corrected chi connectivity index (χ2v) is 6.41. The molecule has 0 aliphatic carbocycles. The molecule has 0 saturated heterocycles. The molecule has 0 spiro atoms. The number of rotatable bonds is 6. The predicted molar refractivity (Wildman–Crippen MR) is 104 cm³/mol. The lowest BCUT2D eigenvalue weighted by Gasteiger charge is -2.02. The molecule has 7 heteroatoms. The van der Waals surface area contributed by atoms with Crippen LogP contribution in [0, 0.1) is 0 Å². The summed E-state index contributed by atoms with van der Waals surface area (Å²) in [6, 6.07) is 17.0. The third kappa shape index (κ3) is 4.80. The number of benzene rings is 2. The standard InChI is InChI=1S/C19H17BrN4O2/c1-26-17-8-4-14(5-9-17)12-21-22-19(25)18-10-11-24(23-18)13-15-2-6-16(20)7-3-15/h2-12H,13H2,1H3,(H,22,25)/b21-12-. The van der Waals surface area contributed by atoms with E-state index in [0.29, 0.717) is 12.2 Å². The van der Waals surface area contributed by atoms with Crippen molar-refractivity contribution in [1.29, 1.82) is 0 Å². The Bertz CT molecular complexity index is 902. The Morgan fingerprint density at radius 2 is 1.92 bits per heavy atom. The van der Waals surface area contributed by atoms with E-state index >= 15 is 0 Å². The van der Waals surface area contributed by atoms with Crippen LogP contribution in [0.5, 0.6) is 5.75 Å². The van der Waals surface area contributed by atoms with E-state index < -0.39 is 0 Å². The zero-order valence-corrected chi connectivity index (χ0v) is 15.7. The fourth-order valence-corrected chi connectivity index (χ4v) is 2.52. The van der Waals surface area contributed by atoms with Crippen molar-refractivity contribution < 1.29 is 9.53 Å². The summed E-state index contributed by atoms with van der Waals surface area (Å²) in [5.74, 6) is 0.409. The molecular weight excluding hydrogens is 396 g/mol. The average molecular weight is 413 g/mol. The van der Waals surface area contributed by atoms with E-state index in [1.54, 1.807) is 30.3 Å². The van der Waals surface area contributed by atoms with Crippen molar-refractivity contribution >= 4 is 28.1 Å². The zero-order chi connectivity index (χ0) is 18.4. The number of nitrogens with one attached hydrogen (secondary N) is 1. The lowest BCUT2D eigenvalue weighted by molar-refractivity contribution is 0.0949. The van der Waals surface area contributed by atoms with Crippen LogP contribution in [0.25, 0.3) is 0 Å². The molecule has 0 saturated carbocycles. The molecular formula is C19H17BrN4O2. The van der Waals surface area contributed by atoms with Crippen molar-refractivity contribution in [3.63, 3.8) is 0 Å². The quantitative estimate of drug-likeness (QED) is 0.497. The molecule has 1 amide bonds. The van der Waals surface area contributed by atoms with Gasteiger partial charge in [-0.15, -0.1) is 0 Å². The molecule has 26 heavy (non-hydrogen) atoms. The first-order chi connectivity index (χ1) is 12.6. The molecule has 6 nitrogen and oxygen atoms in total. The fraction of sp³-hybridized carbons (Fsp3) is 0.105. The van der Waals surface area contributed by atoms with Crippen LogP contribution in [0.15, 0.2) is 70.4 Å². The van der Waals surface area contributed by atoms with Crippen LogP contribution in [-0.4, -0.2) is 29.0 Å². The molecule has 0 unspecified atom stereocenters. The number of carbonyl (C=O) groups is 1. The van der Waals surface area contributed by atoms with Crippen molar-refractivity contribution in [3.8, 4) is 5.75 Å². The Labute approximate surface area is 159 Å². The smallest absolute Gasteiger partial charge is 0.291 e. The highest BCUT2D eigenvalue weighted by Crippen LogP contribution is 2.12. The number of hydrogen-bond donors (Lipinski definition) is 1. The minimum absolute atomic E-state index is 0.314. The summed E-state index contributed by atoms with van der Waals surface area (Å²) in [4.78, 5) is 12.1. The van der Waals surface area contributed by atoms with Crippen LogP contribution in [0.3, 0.4) is 0 Å². The number of amides is 1. The van der Waals surface area contributed by atoms with Gasteiger partial charge in [-0.2, -0.15) is 10.2 Å². The van der Waals surface area contributed by atoms with E-state index in [4.69, 9.17) is 4.74 Å². The predicted octanol–water partition coefficient (Wildman–Crippen LogP) is 3.47. The Balaban J connectivity index is 1.57. The van der Waals surface area contributed by atoms with Crippen LogP contribution < -0.4 is 10.2 Å². The molecule has 0 fully saturated rings. The molecule has 3 rings (SSSR count). The molecule has 0 radical (unpaired) electrons. The molecule has 1 N–H and O–H groups in total. The van der Waals surface area contributed by atoms with Crippen molar-refractivity contribution in [2.24, 2.45) is 5.10 Å². The van der Waals surface area contributed by atoms with Gasteiger partial charge in [0.1, 0.15) is 5.75 Å². The minimum atomic E-state index is -0.357. The van der Waals surface area contributed by atoms with Crippen LogP contribution in [0.4, 0.5) is 0 Å². The van der Waals surface area contributed by atoms with Crippen LogP contribution in [0.1, 0.15) is 21.6 Å². The Hall–Kier alpha value is -2.93. The molecule has 0 aliphatic rings. The molecule has 0 bridgehead atoms. The van der Waals surface area contributed by atoms with Gasteiger partial charge in [0.15, 0.2) is 5.69 Å². The largest absolute Gasteiger partial charge is 0.497 e.